The second kappa shape index (κ2) is 6.51. The zero-order valence-electron chi connectivity index (χ0n) is 10.8. The van der Waals surface area contributed by atoms with E-state index in [1.54, 1.807) is 0 Å². The number of hydrogen-bond donors (Lipinski definition) is 1. The first-order valence-corrected chi connectivity index (χ1v) is 6.79. The average molecular weight is 297 g/mol. The molecule has 0 aliphatic rings. The van der Waals surface area contributed by atoms with Crippen LogP contribution >= 0.6 is 11.8 Å². The molecule has 4 nitrogen and oxygen atoms in total. The molecule has 1 heterocycles. The molecule has 2 rings (SSSR count). The minimum absolute atomic E-state index is 0.234. The Morgan fingerprint density at radius 1 is 1.30 bits per heavy atom. The predicted molar refractivity (Wildman–Crippen MR) is 72.7 cm³/mol. The van der Waals surface area contributed by atoms with Crippen LogP contribution in [0, 0.1) is 11.6 Å². The van der Waals surface area contributed by atoms with E-state index in [1.165, 1.54) is 18.5 Å². The molecule has 0 radical (unpaired) electrons. The van der Waals surface area contributed by atoms with E-state index in [9.17, 15) is 8.78 Å². The molecule has 0 unspecified atom stereocenters. The summed E-state index contributed by atoms with van der Waals surface area (Å²) in [5.41, 5.74) is 6.13. The van der Waals surface area contributed by atoms with Crippen molar-refractivity contribution >= 4 is 17.4 Å². The fourth-order valence-corrected chi connectivity index (χ4v) is 2.22. The highest BCUT2D eigenvalue weighted by molar-refractivity contribution is 7.99. The van der Waals surface area contributed by atoms with Gasteiger partial charge in [0.1, 0.15) is 28.7 Å². The van der Waals surface area contributed by atoms with Crippen LogP contribution in [-0.2, 0) is 0 Å². The van der Waals surface area contributed by atoms with Crippen LogP contribution in [0.4, 0.5) is 14.5 Å². The molecule has 0 amide bonds. The Kier molecular flexibility index (Phi) is 4.73. The van der Waals surface area contributed by atoms with Gasteiger partial charge in [0.25, 0.3) is 0 Å². The minimum Gasteiger partial charge on any atom is -0.476 e. The molecular formula is C13H13F2N3OS. The van der Waals surface area contributed by atoms with Crippen molar-refractivity contribution in [3.63, 3.8) is 0 Å². The topological polar surface area (TPSA) is 61.0 Å². The summed E-state index contributed by atoms with van der Waals surface area (Å²) in [6, 6.07) is 3.33. The number of rotatable bonds is 5. The number of aromatic nitrogens is 2. The lowest BCUT2D eigenvalue weighted by Crippen LogP contribution is -2.03. The fourth-order valence-electron chi connectivity index (χ4n) is 1.42. The lowest BCUT2D eigenvalue weighted by atomic mass is 10.3. The van der Waals surface area contributed by atoms with Gasteiger partial charge in [0, 0.05) is 11.0 Å². The van der Waals surface area contributed by atoms with Crippen LogP contribution in [0.1, 0.15) is 13.3 Å². The lowest BCUT2D eigenvalue weighted by Gasteiger charge is -2.09. The first-order valence-electron chi connectivity index (χ1n) is 5.98. The molecule has 0 bridgehead atoms. The second-order valence-electron chi connectivity index (χ2n) is 3.92. The van der Waals surface area contributed by atoms with Gasteiger partial charge >= 0.3 is 0 Å². The Balaban J connectivity index is 2.24. The maximum Gasteiger partial charge on any atom is 0.241 e. The number of benzene rings is 1. The third-order valence-corrected chi connectivity index (χ3v) is 3.42. The fraction of sp³-hybridized carbons (Fsp3) is 0.231. The molecule has 2 aromatic rings. The predicted octanol–water partition coefficient (Wildman–Crippen LogP) is 3.28. The largest absolute Gasteiger partial charge is 0.476 e. The van der Waals surface area contributed by atoms with Crippen LogP contribution in [0.15, 0.2) is 34.4 Å². The Morgan fingerprint density at radius 2 is 2.10 bits per heavy atom. The van der Waals surface area contributed by atoms with Crippen LogP contribution < -0.4 is 10.5 Å². The smallest absolute Gasteiger partial charge is 0.241 e. The monoisotopic (exact) mass is 297 g/mol. The molecule has 7 heteroatoms. The third-order valence-electron chi connectivity index (χ3n) is 2.35. The van der Waals surface area contributed by atoms with Gasteiger partial charge in [-0.2, -0.15) is 4.98 Å². The summed E-state index contributed by atoms with van der Waals surface area (Å²) in [5.74, 6) is -1.02. The second-order valence-corrected chi connectivity index (χ2v) is 4.95. The highest BCUT2D eigenvalue weighted by Gasteiger charge is 2.13. The van der Waals surface area contributed by atoms with Crippen molar-refractivity contribution in [1.29, 1.82) is 0 Å². The summed E-state index contributed by atoms with van der Waals surface area (Å²) >= 11 is 0.999. The first kappa shape index (κ1) is 14.5. The van der Waals surface area contributed by atoms with Gasteiger partial charge in [0.2, 0.25) is 5.88 Å². The van der Waals surface area contributed by atoms with E-state index in [0.29, 0.717) is 11.6 Å². The van der Waals surface area contributed by atoms with Crippen LogP contribution in [-0.4, -0.2) is 16.6 Å². The van der Waals surface area contributed by atoms with E-state index in [4.69, 9.17) is 10.5 Å². The Labute approximate surface area is 119 Å². The van der Waals surface area contributed by atoms with E-state index < -0.39 is 11.6 Å². The maximum absolute atomic E-state index is 13.6. The molecule has 0 aliphatic heterocycles. The van der Waals surface area contributed by atoms with E-state index in [2.05, 4.69) is 9.97 Å². The van der Waals surface area contributed by atoms with Gasteiger partial charge in [-0.05, 0) is 18.6 Å². The molecule has 0 saturated heterocycles. The van der Waals surface area contributed by atoms with Crippen molar-refractivity contribution in [2.75, 3.05) is 12.3 Å². The van der Waals surface area contributed by atoms with E-state index in [0.717, 1.165) is 24.2 Å². The molecule has 1 aromatic carbocycles. The average Bonchev–Trinajstić information content (AvgIpc) is 2.42. The molecule has 0 spiro atoms. The van der Waals surface area contributed by atoms with Crippen molar-refractivity contribution in [3.8, 4) is 5.88 Å². The Hall–Kier alpha value is -1.89. The van der Waals surface area contributed by atoms with Crippen molar-refractivity contribution in [3.05, 3.63) is 36.2 Å². The minimum atomic E-state index is -0.663. The van der Waals surface area contributed by atoms with E-state index in [1.807, 2.05) is 6.92 Å². The van der Waals surface area contributed by atoms with E-state index >= 15 is 0 Å². The lowest BCUT2D eigenvalue weighted by molar-refractivity contribution is 0.305. The number of nitrogen functional groups attached to an aromatic ring is 1. The summed E-state index contributed by atoms with van der Waals surface area (Å²) in [6.07, 6.45) is 2.11. The van der Waals surface area contributed by atoms with Gasteiger partial charge in [0.15, 0.2) is 0 Å². The van der Waals surface area contributed by atoms with Gasteiger partial charge in [-0.3, -0.25) is 0 Å². The summed E-state index contributed by atoms with van der Waals surface area (Å²) in [5, 5.41) is 0.372. The van der Waals surface area contributed by atoms with Gasteiger partial charge in [-0.1, -0.05) is 18.7 Å². The zero-order valence-corrected chi connectivity index (χ0v) is 11.6. The number of hydrogen-bond acceptors (Lipinski definition) is 5. The maximum atomic E-state index is 13.6. The molecule has 106 valence electrons. The number of halogens is 2. The third kappa shape index (κ3) is 3.36. The van der Waals surface area contributed by atoms with Crippen molar-refractivity contribution < 1.29 is 13.5 Å². The Bertz CT molecular complexity index is 610. The van der Waals surface area contributed by atoms with Crippen LogP contribution in [0.2, 0.25) is 0 Å². The normalized spacial score (nSPS) is 10.6. The van der Waals surface area contributed by atoms with Gasteiger partial charge in [-0.25, -0.2) is 13.8 Å². The summed E-state index contributed by atoms with van der Waals surface area (Å²) < 4.78 is 31.8. The standard InChI is InChI=1S/C13H13F2N3OS/c1-2-5-19-12-11(16)13(18-7-17-12)20-10-4-3-8(14)6-9(10)15/h3-4,6-7H,2,5,16H2,1H3. The van der Waals surface area contributed by atoms with Gasteiger partial charge < -0.3 is 10.5 Å². The number of ether oxygens (including phenoxy) is 1. The molecule has 0 saturated carbocycles. The van der Waals surface area contributed by atoms with Crippen LogP contribution in [0.3, 0.4) is 0 Å². The van der Waals surface area contributed by atoms with Crippen molar-refractivity contribution in [2.45, 2.75) is 23.3 Å². The first-order chi connectivity index (χ1) is 9.61. The van der Waals surface area contributed by atoms with Gasteiger partial charge in [-0.15, -0.1) is 0 Å². The summed E-state index contributed by atoms with van der Waals surface area (Å²) in [6.45, 7) is 2.44. The molecular weight excluding hydrogens is 284 g/mol. The summed E-state index contributed by atoms with van der Waals surface area (Å²) in [4.78, 5) is 8.16. The molecule has 0 aliphatic carbocycles. The van der Waals surface area contributed by atoms with E-state index in [-0.39, 0.29) is 16.5 Å². The Morgan fingerprint density at radius 3 is 2.80 bits per heavy atom. The zero-order chi connectivity index (χ0) is 14.5. The van der Waals surface area contributed by atoms with Crippen molar-refractivity contribution in [1.82, 2.24) is 9.97 Å². The van der Waals surface area contributed by atoms with Crippen LogP contribution in [0.5, 0.6) is 5.88 Å². The molecule has 1 aromatic heterocycles. The molecule has 0 atom stereocenters. The highest BCUT2D eigenvalue weighted by Crippen LogP contribution is 2.35. The summed E-state index contributed by atoms with van der Waals surface area (Å²) in [7, 11) is 0. The highest BCUT2D eigenvalue weighted by atomic mass is 32.2. The van der Waals surface area contributed by atoms with Crippen molar-refractivity contribution in [2.24, 2.45) is 0 Å². The molecule has 0 fully saturated rings. The van der Waals surface area contributed by atoms with Crippen LogP contribution in [0.25, 0.3) is 0 Å². The molecule has 20 heavy (non-hydrogen) atoms. The number of anilines is 1. The number of nitrogens with two attached hydrogens (primary N) is 1. The molecule has 2 N–H and O–H groups in total. The quantitative estimate of drug-likeness (QED) is 0.858. The SMILES string of the molecule is CCCOc1ncnc(Sc2ccc(F)cc2F)c1N. The van der Waals surface area contributed by atoms with Gasteiger partial charge in [0.05, 0.1) is 6.61 Å². The number of nitrogens with zero attached hydrogens (tertiary/aromatic N) is 2.